The van der Waals surface area contributed by atoms with Gasteiger partial charge in [-0.2, -0.15) is 0 Å². The normalized spacial score (nSPS) is 11.1. The first-order valence-corrected chi connectivity index (χ1v) is 14.9. The Morgan fingerprint density at radius 1 is 1.07 bits per heavy atom. The molecule has 210 valence electrons. The Kier molecular flexibility index (Phi) is 9.65. The van der Waals surface area contributed by atoms with Crippen LogP contribution in [0.3, 0.4) is 0 Å². The van der Waals surface area contributed by atoms with Gasteiger partial charge in [0, 0.05) is 17.5 Å². The Labute approximate surface area is 243 Å². The van der Waals surface area contributed by atoms with Gasteiger partial charge in [0.25, 0.3) is 0 Å². The molecule has 0 aliphatic carbocycles. The van der Waals surface area contributed by atoms with Crippen LogP contribution in [0.15, 0.2) is 53.0 Å². The van der Waals surface area contributed by atoms with E-state index < -0.39 is 5.97 Å². The van der Waals surface area contributed by atoms with E-state index in [1.165, 1.54) is 35.8 Å². The second-order valence-corrected chi connectivity index (χ2v) is 11.5. The van der Waals surface area contributed by atoms with Crippen LogP contribution in [0.1, 0.15) is 59.6 Å². The van der Waals surface area contributed by atoms with Crippen LogP contribution in [0, 0.1) is 13.8 Å². The van der Waals surface area contributed by atoms with Crippen LogP contribution in [-0.4, -0.2) is 39.5 Å². The number of esters is 1. The molecule has 2 heterocycles. The second kappa shape index (κ2) is 13.1. The number of aryl methyl sites for hydroxylation is 2. The highest BCUT2D eigenvalue weighted by Crippen LogP contribution is 2.38. The number of nitrogens with zero attached hydrogens (tertiary/aromatic N) is 3. The summed E-state index contributed by atoms with van der Waals surface area (Å²) in [5.41, 5.74) is 5.41. The number of hydrogen-bond donors (Lipinski definition) is 1. The summed E-state index contributed by atoms with van der Waals surface area (Å²) in [5.74, 6) is 1.27. The number of benzene rings is 2. The molecule has 0 aliphatic rings. The van der Waals surface area contributed by atoms with E-state index in [0.717, 1.165) is 28.0 Å². The Hall–Kier alpha value is -3.63. The van der Waals surface area contributed by atoms with Crippen molar-refractivity contribution in [3.63, 3.8) is 0 Å². The molecule has 10 heteroatoms. The highest BCUT2D eigenvalue weighted by atomic mass is 32.2. The summed E-state index contributed by atoms with van der Waals surface area (Å²) in [6.07, 6.45) is 0. The molecule has 0 spiro atoms. The van der Waals surface area contributed by atoms with Gasteiger partial charge in [0.2, 0.25) is 5.91 Å². The fourth-order valence-electron chi connectivity index (χ4n) is 4.22. The average molecular weight is 579 g/mol. The molecule has 0 aliphatic heterocycles. The van der Waals surface area contributed by atoms with Crippen molar-refractivity contribution in [1.29, 1.82) is 0 Å². The van der Waals surface area contributed by atoms with Gasteiger partial charge in [-0.05, 0) is 55.5 Å². The Bertz CT molecular complexity index is 1490. The molecule has 2 aromatic carbocycles. The zero-order valence-electron chi connectivity index (χ0n) is 23.6. The van der Waals surface area contributed by atoms with Crippen LogP contribution in [0.5, 0.6) is 5.75 Å². The van der Waals surface area contributed by atoms with E-state index in [1.807, 2.05) is 61.1 Å². The first kappa shape index (κ1) is 29.4. The van der Waals surface area contributed by atoms with Gasteiger partial charge in [-0.1, -0.05) is 61.5 Å². The fourth-order valence-corrected chi connectivity index (χ4v) is 6.00. The van der Waals surface area contributed by atoms with Gasteiger partial charge in [0.05, 0.1) is 12.9 Å². The summed E-state index contributed by atoms with van der Waals surface area (Å²) in [5, 5.41) is 14.4. The maximum atomic E-state index is 12.9. The molecule has 40 heavy (non-hydrogen) atoms. The highest BCUT2D eigenvalue weighted by Gasteiger charge is 2.24. The Morgan fingerprint density at radius 2 is 1.82 bits per heavy atom. The van der Waals surface area contributed by atoms with Crippen molar-refractivity contribution in [2.75, 3.05) is 18.2 Å². The number of nitrogens with one attached hydrogen (secondary N) is 1. The number of hydrogen-bond acceptors (Lipinski definition) is 8. The number of ether oxygens (including phenoxy) is 2. The first-order valence-electron chi connectivity index (χ1n) is 13.1. The molecule has 2 aromatic heterocycles. The summed E-state index contributed by atoms with van der Waals surface area (Å²) >= 11 is 2.59. The Morgan fingerprint density at radius 3 is 2.50 bits per heavy atom. The molecule has 0 fully saturated rings. The maximum absolute atomic E-state index is 12.9. The maximum Gasteiger partial charge on any atom is 0.341 e. The summed E-state index contributed by atoms with van der Waals surface area (Å²) in [7, 11) is 1.34. The van der Waals surface area contributed by atoms with Crippen molar-refractivity contribution in [2.45, 2.75) is 58.8 Å². The molecule has 1 N–H and O–H groups in total. The van der Waals surface area contributed by atoms with Crippen LogP contribution in [-0.2, 0) is 22.7 Å². The van der Waals surface area contributed by atoms with Crippen molar-refractivity contribution in [3.05, 3.63) is 75.9 Å². The quantitative estimate of drug-likeness (QED) is 0.153. The number of aromatic nitrogens is 3. The van der Waals surface area contributed by atoms with Crippen molar-refractivity contribution < 1.29 is 19.1 Å². The topological polar surface area (TPSA) is 95.3 Å². The lowest BCUT2D eigenvalue weighted by atomic mass is 9.97. The minimum Gasteiger partial charge on any atom is -0.486 e. The van der Waals surface area contributed by atoms with Crippen molar-refractivity contribution >= 4 is 40.0 Å². The highest BCUT2D eigenvalue weighted by molar-refractivity contribution is 7.99. The third kappa shape index (κ3) is 6.74. The van der Waals surface area contributed by atoms with E-state index in [0.29, 0.717) is 34.0 Å². The van der Waals surface area contributed by atoms with E-state index in [-0.39, 0.29) is 18.3 Å². The third-order valence-electron chi connectivity index (χ3n) is 6.47. The molecule has 0 saturated carbocycles. The molecule has 0 radical (unpaired) electrons. The monoisotopic (exact) mass is 578 g/mol. The van der Waals surface area contributed by atoms with Gasteiger partial charge in [-0.25, -0.2) is 4.79 Å². The van der Waals surface area contributed by atoms with Gasteiger partial charge in [-0.15, -0.1) is 21.5 Å². The predicted octanol–water partition coefficient (Wildman–Crippen LogP) is 6.86. The first-order chi connectivity index (χ1) is 19.2. The van der Waals surface area contributed by atoms with Crippen LogP contribution < -0.4 is 10.1 Å². The summed E-state index contributed by atoms with van der Waals surface area (Å²) < 4.78 is 12.9. The van der Waals surface area contributed by atoms with Crippen molar-refractivity contribution in [3.8, 4) is 16.9 Å². The molecule has 0 saturated heterocycles. The summed E-state index contributed by atoms with van der Waals surface area (Å²) in [6.45, 7) is 11.2. The van der Waals surface area contributed by atoms with Crippen LogP contribution in [0.2, 0.25) is 0 Å². The summed E-state index contributed by atoms with van der Waals surface area (Å²) in [4.78, 5) is 25.7. The largest absolute Gasteiger partial charge is 0.486 e. The van der Waals surface area contributed by atoms with Crippen LogP contribution >= 0.6 is 23.1 Å². The number of rotatable bonds is 11. The van der Waals surface area contributed by atoms with Crippen LogP contribution in [0.4, 0.5) is 5.00 Å². The fraction of sp³-hybridized carbons (Fsp3) is 0.333. The molecule has 8 nitrogen and oxygen atoms in total. The molecule has 0 atom stereocenters. The zero-order valence-corrected chi connectivity index (χ0v) is 25.2. The van der Waals surface area contributed by atoms with E-state index >= 15 is 0 Å². The van der Waals surface area contributed by atoms with E-state index in [2.05, 4.69) is 41.5 Å². The number of carbonyl (C=O) groups is 2. The van der Waals surface area contributed by atoms with Gasteiger partial charge in [-0.3, -0.25) is 4.79 Å². The average Bonchev–Trinajstić information content (AvgIpc) is 3.55. The lowest BCUT2D eigenvalue weighted by Gasteiger charge is -2.11. The molecule has 0 bridgehead atoms. The number of thiophene rings is 1. The molecular formula is C30H34N4O4S2. The smallest absolute Gasteiger partial charge is 0.341 e. The minimum atomic E-state index is -0.491. The Balaban J connectivity index is 1.43. The number of anilines is 1. The lowest BCUT2D eigenvalue weighted by Crippen LogP contribution is -2.16. The van der Waals surface area contributed by atoms with Gasteiger partial charge in [0.1, 0.15) is 22.9 Å². The molecular weight excluding hydrogens is 544 g/mol. The predicted molar refractivity (Wildman–Crippen MR) is 160 cm³/mol. The zero-order chi connectivity index (χ0) is 28.8. The van der Waals surface area contributed by atoms with Gasteiger partial charge >= 0.3 is 5.97 Å². The lowest BCUT2D eigenvalue weighted by molar-refractivity contribution is -0.113. The van der Waals surface area contributed by atoms with E-state index in [9.17, 15) is 9.59 Å². The van der Waals surface area contributed by atoms with Crippen LogP contribution in [0.25, 0.3) is 11.1 Å². The third-order valence-corrected chi connectivity index (χ3v) is 8.34. The van der Waals surface area contributed by atoms with E-state index in [4.69, 9.17) is 9.47 Å². The number of thioether (sulfide) groups is 1. The minimum absolute atomic E-state index is 0.104. The number of methoxy groups -OCH3 is 1. The number of amides is 1. The SMILES string of the molecule is CCn1c(COc2ccc(C(C)C)cc2)nnc1SCC(=O)Nc1scc(-c2cc(C)ccc2C)c1C(=O)OC. The summed E-state index contributed by atoms with van der Waals surface area (Å²) in [6, 6.07) is 14.1. The number of carbonyl (C=O) groups excluding carboxylic acids is 2. The van der Waals surface area contributed by atoms with E-state index in [1.54, 1.807) is 0 Å². The second-order valence-electron chi connectivity index (χ2n) is 9.66. The van der Waals surface area contributed by atoms with Gasteiger partial charge < -0.3 is 19.4 Å². The molecule has 1 amide bonds. The van der Waals surface area contributed by atoms with Gasteiger partial charge in [0.15, 0.2) is 11.0 Å². The standard InChI is InChI=1S/C30H34N4O4S2/c1-7-34-25(15-38-22-12-10-21(11-13-22)18(2)3)32-33-30(34)40-17-26(35)31-28-27(29(36)37-6)24(16-39-28)23-14-19(4)8-9-20(23)5/h8-14,16,18H,7,15,17H2,1-6H3,(H,31,35). The molecule has 0 unspecified atom stereocenters. The van der Waals surface area contributed by atoms with Crippen molar-refractivity contribution in [2.24, 2.45) is 0 Å². The molecule has 4 rings (SSSR count). The van der Waals surface area contributed by atoms with Crippen molar-refractivity contribution in [1.82, 2.24) is 14.8 Å². The molecule has 4 aromatic rings.